The molecule has 0 N–H and O–H groups in total. The molecule has 0 saturated carbocycles. The molecule has 0 bridgehead atoms. The Morgan fingerprint density at radius 3 is 2.47 bits per heavy atom. The molecule has 96 valence electrons. The van der Waals surface area contributed by atoms with E-state index < -0.39 is 0 Å². The average molecular weight is 319 g/mol. The van der Waals surface area contributed by atoms with Gasteiger partial charge in [-0.15, -0.1) is 0 Å². The highest BCUT2D eigenvalue weighted by Gasteiger charge is 2.09. The Bertz CT molecular complexity index is 313. The molecule has 0 aliphatic carbocycles. The lowest BCUT2D eigenvalue weighted by Gasteiger charge is -2.22. The van der Waals surface area contributed by atoms with Crippen LogP contribution >= 0.6 is 27.5 Å². The topological polar surface area (TPSA) is 3.24 Å². The molecule has 1 nitrogen and oxygen atoms in total. The molecule has 0 heterocycles. The standard InChI is InChI=1S/C14H21BrClN/c1-3-4-13(9-15)11-17(2)10-12-5-7-14(16)8-6-12/h5-8,13H,3-4,9-11H2,1-2H3. The van der Waals surface area contributed by atoms with Crippen LogP contribution in [0.25, 0.3) is 0 Å². The number of nitrogens with zero attached hydrogens (tertiary/aromatic N) is 1. The summed E-state index contributed by atoms with van der Waals surface area (Å²) in [6.45, 7) is 4.38. The van der Waals surface area contributed by atoms with Crippen LogP contribution in [0.1, 0.15) is 25.3 Å². The van der Waals surface area contributed by atoms with E-state index in [4.69, 9.17) is 11.6 Å². The Kier molecular flexibility index (Phi) is 7.17. The minimum atomic E-state index is 0.748. The van der Waals surface area contributed by atoms with Crippen LogP contribution in [0, 0.1) is 5.92 Å². The van der Waals surface area contributed by atoms with Gasteiger partial charge in [-0.05, 0) is 37.1 Å². The van der Waals surface area contributed by atoms with Crippen molar-refractivity contribution >= 4 is 27.5 Å². The van der Waals surface area contributed by atoms with E-state index in [1.54, 1.807) is 0 Å². The first-order valence-electron chi connectivity index (χ1n) is 6.14. The number of alkyl halides is 1. The molecule has 0 aliphatic heterocycles. The molecule has 0 radical (unpaired) electrons. The summed E-state index contributed by atoms with van der Waals surface area (Å²) >= 11 is 9.47. The fourth-order valence-electron chi connectivity index (χ4n) is 2.03. The molecule has 1 aromatic rings. The summed E-state index contributed by atoms with van der Waals surface area (Å²) in [5.41, 5.74) is 1.32. The lowest BCUT2D eigenvalue weighted by molar-refractivity contribution is 0.273. The van der Waals surface area contributed by atoms with Crippen LogP contribution < -0.4 is 0 Å². The van der Waals surface area contributed by atoms with E-state index in [0.717, 1.165) is 29.4 Å². The number of halogens is 2. The Morgan fingerprint density at radius 2 is 1.94 bits per heavy atom. The first-order valence-corrected chi connectivity index (χ1v) is 7.64. The maximum Gasteiger partial charge on any atom is 0.0406 e. The van der Waals surface area contributed by atoms with Gasteiger partial charge in [-0.2, -0.15) is 0 Å². The SMILES string of the molecule is CCCC(CBr)CN(C)Cc1ccc(Cl)cc1. The van der Waals surface area contributed by atoms with Crippen LogP contribution in [0.2, 0.25) is 5.02 Å². The quantitative estimate of drug-likeness (QED) is 0.665. The number of rotatable bonds is 7. The second-order valence-electron chi connectivity index (χ2n) is 4.63. The van der Waals surface area contributed by atoms with Crippen molar-refractivity contribution in [2.75, 3.05) is 18.9 Å². The van der Waals surface area contributed by atoms with Crippen LogP contribution in [-0.2, 0) is 6.54 Å². The highest BCUT2D eigenvalue weighted by atomic mass is 79.9. The van der Waals surface area contributed by atoms with Gasteiger partial charge in [0.05, 0.1) is 0 Å². The monoisotopic (exact) mass is 317 g/mol. The molecule has 0 fully saturated rings. The molecular weight excluding hydrogens is 298 g/mol. The Morgan fingerprint density at radius 1 is 1.29 bits per heavy atom. The van der Waals surface area contributed by atoms with Crippen molar-refractivity contribution < 1.29 is 0 Å². The summed E-state index contributed by atoms with van der Waals surface area (Å²) in [7, 11) is 2.18. The fourth-order valence-corrected chi connectivity index (χ4v) is 2.69. The van der Waals surface area contributed by atoms with E-state index in [1.807, 2.05) is 12.1 Å². The highest BCUT2D eigenvalue weighted by Crippen LogP contribution is 2.14. The van der Waals surface area contributed by atoms with E-state index in [0.29, 0.717) is 0 Å². The van der Waals surface area contributed by atoms with Crippen LogP contribution in [0.15, 0.2) is 24.3 Å². The van der Waals surface area contributed by atoms with Crippen molar-refractivity contribution in [3.8, 4) is 0 Å². The van der Waals surface area contributed by atoms with Crippen molar-refractivity contribution in [2.24, 2.45) is 5.92 Å². The number of benzene rings is 1. The Balaban J connectivity index is 2.42. The minimum absolute atomic E-state index is 0.748. The molecule has 1 aromatic carbocycles. The number of hydrogen-bond donors (Lipinski definition) is 0. The highest BCUT2D eigenvalue weighted by molar-refractivity contribution is 9.09. The molecular formula is C14H21BrClN. The van der Waals surface area contributed by atoms with Gasteiger partial charge >= 0.3 is 0 Å². The summed E-state index contributed by atoms with van der Waals surface area (Å²) in [5, 5.41) is 1.90. The summed E-state index contributed by atoms with van der Waals surface area (Å²) in [5.74, 6) is 0.748. The van der Waals surface area contributed by atoms with Gasteiger partial charge < -0.3 is 4.90 Å². The van der Waals surface area contributed by atoms with Crippen molar-refractivity contribution in [3.63, 3.8) is 0 Å². The van der Waals surface area contributed by atoms with E-state index in [1.165, 1.54) is 18.4 Å². The summed E-state index contributed by atoms with van der Waals surface area (Å²) in [6, 6.07) is 8.11. The normalized spacial score (nSPS) is 13.0. The molecule has 17 heavy (non-hydrogen) atoms. The van der Waals surface area contributed by atoms with Gasteiger partial charge in [0, 0.05) is 23.4 Å². The van der Waals surface area contributed by atoms with Gasteiger partial charge in [-0.25, -0.2) is 0 Å². The van der Waals surface area contributed by atoms with Gasteiger partial charge in [0.15, 0.2) is 0 Å². The maximum absolute atomic E-state index is 5.88. The number of hydrogen-bond acceptors (Lipinski definition) is 1. The van der Waals surface area contributed by atoms with Crippen molar-refractivity contribution in [3.05, 3.63) is 34.9 Å². The third-order valence-corrected chi connectivity index (χ3v) is 4.02. The van der Waals surface area contributed by atoms with Gasteiger partial charge in [-0.3, -0.25) is 0 Å². The Labute approximate surface area is 118 Å². The summed E-state index contributed by atoms with van der Waals surface area (Å²) in [4.78, 5) is 2.38. The summed E-state index contributed by atoms with van der Waals surface area (Å²) in [6.07, 6.45) is 2.54. The van der Waals surface area contributed by atoms with Crippen LogP contribution in [0.5, 0.6) is 0 Å². The third kappa shape index (κ3) is 5.89. The van der Waals surface area contributed by atoms with Crippen LogP contribution in [0.3, 0.4) is 0 Å². The van der Waals surface area contributed by atoms with Gasteiger partial charge in [-0.1, -0.05) is 53.0 Å². The molecule has 1 atom stereocenters. The second-order valence-corrected chi connectivity index (χ2v) is 5.72. The zero-order valence-corrected chi connectivity index (χ0v) is 13.0. The zero-order chi connectivity index (χ0) is 12.7. The molecule has 0 aromatic heterocycles. The zero-order valence-electron chi connectivity index (χ0n) is 10.6. The summed E-state index contributed by atoms with van der Waals surface area (Å²) < 4.78 is 0. The van der Waals surface area contributed by atoms with Gasteiger partial charge in [0.1, 0.15) is 0 Å². The van der Waals surface area contributed by atoms with Gasteiger partial charge in [0.25, 0.3) is 0 Å². The first-order chi connectivity index (χ1) is 8.15. The van der Waals surface area contributed by atoms with E-state index in [9.17, 15) is 0 Å². The largest absolute Gasteiger partial charge is 0.302 e. The van der Waals surface area contributed by atoms with Crippen molar-refractivity contribution in [2.45, 2.75) is 26.3 Å². The van der Waals surface area contributed by atoms with E-state index in [-0.39, 0.29) is 0 Å². The molecule has 0 aliphatic rings. The molecule has 0 saturated heterocycles. The maximum atomic E-state index is 5.88. The second kappa shape index (κ2) is 8.12. The smallest absolute Gasteiger partial charge is 0.0406 e. The van der Waals surface area contributed by atoms with E-state index >= 15 is 0 Å². The molecule has 1 rings (SSSR count). The van der Waals surface area contributed by atoms with Crippen LogP contribution in [-0.4, -0.2) is 23.8 Å². The molecule has 0 amide bonds. The van der Waals surface area contributed by atoms with Crippen molar-refractivity contribution in [1.29, 1.82) is 0 Å². The van der Waals surface area contributed by atoms with Crippen molar-refractivity contribution in [1.82, 2.24) is 4.90 Å². The van der Waals surface area contributed by atoms with E-state index in [2.05, 4.69) is 46.9 Å². The third-order valence-electron chi connectivity index (χ3n) is 2.85. The lowest BCUT2D eigenvalue weighted by atomic mass is 10.1. The molecule has 1 unspecified atom stereocenters. The predicted molar refractivity (Wildman–Crippen MR) is 80.0 cm³/mol. The lowest BCUT2D eigenvalue weighted by Crippen LogP contribution is -2.26. The van der Waals surface area contributed by atoms with Crippen LogP contribution in [0.4, 0.5) is 0 Å². The minimum Gasteiger partial charge on any atom is -0.302 e. The fraction of sp³-hybridized carbons (Fsp3) is 0.571. The molecule has 0 spiro atoms. The average Bonchev–Trinajstić information content (AvgIpc) is 2.31. The molecule has 3 heteroatoms. The Hall–Kier alpha value is -0.0500. The first kappa shape index (κ1) is 15.0. The predicted octanol–water partition coefficient (Wildman–Crippen LogP) is 4.58. The van der Waals surface area contributed by atoms with Gasteiger partial charge in [0.2, 0.25) is 0 Å².